The number of benzene rings is 1. The van der Waals surface area contributed by atoms with Crippen molar-refractivity contribution in [3.05, 3.63) is 24.3 Å². The van der Waals surface area contributed by atoms with Gasteiger partial charge in [-0.05, 0) is 33.8 Å². The number of para-hydroxylation sites is 1. The molecule has 0 aliphatic carbocycles. The predicted molar refractivity (Wildman–Crippen MR) is 90.6 cm³/mol. The van der Waals surface area contributed by atoms with Crippen molar-refractivity contribution in [1.29, 1.82) is 0 Å². The third-order valence-electron chi connectivity index (χ3n) is 4.73. The lowest BCUT2D eigenvalue weighted by atomic mass is 9.77. The Morgan fingerprint density at radius 2 is 1.65 bits per heavy atom. The topological polar surface area (TPSA) is 49.8 Å². The summed E-state index contributed by atoms with van der Waals surface area (Å²) in [5.41, 5.74) is 0.901. The number of hydrogen-bond donors (Lipinski definition) is 0. The van der Waals surface area contributed by atoms with E-state index in [1.54, 1.807) is 14.2 Å². The smallest absolute Gasteiger partial charge is 0.491 e. The minimum absolute atomic E-state index is 0.392. The lowest BCUT2D eigenvalue weighted by Crippen LogP contribution is -2.41. The van der Waals surface area contributed by atoms with Crippen LogP contribution < -0.4 is 14.9 Å². The molecule has 2 aromatic rings. The zero-order valence-corrected chi connectivity index (χ0v) is 14.5. The van der Waals surface area contributed by atoms with Crippen LogP contribution in [0.3, 0.4) is 0 Å². The number of rotatable bonds is 3. The first-order valence-corrected chi connectivity index (χ1v) is 7.66. The number of ether oxygens (including phenoxy) is 2. The number of methoxy groups -OCH3 is 2. The van der Waals surface area contributed by atoms with E-state index >= 15 is 0 Å². The second-order valence-electron chi connectivity index (χ2n) is 6.71. The molecule has 0 atom stereocenters. The van der Waals surface area contributed by atoms with E-state index in [1.807, 2.05) is 52.0 Å². The monoisotopic (exact) mass is 315 g/mol. The number of nitrogens with zero attached hydrogens (tertiary/aromatic N) is 1. The van der Waals surface area contributed by atoms with Crippen LogP contribution in [-0.4, -0.2) is 37.5 Å². The van der Waals surface area contributed by atoms with Crippen LogP contribution in [0.2, 0.25) is 0 Å². The molecule has 1 aromatic heterocycles. The van der Waals surface area contributed by atoms with Gasteiger partial charge in [-0.1, -0.05) is 18.2 Å². The molecule has 0 amide bonds. The summed E-state index contributed by atoms with van der Waals surface area (Å²) < 4.78 is 23.0. The molecular weight excluding hydrogens is 293 g/mol. The summed E-state index contributed by atoms with van der Waals surface area (Å²) in [5.74, 6) is 1.05. The average molecular weight is 315 g/mol. The first-order chi connectivity index (χ1) is 10.8. The Bertz CT molecular complexity index is 729. The van der Waals surface area contributed by atoms with Gasteiger partial charge in [-0.3, -0.25) is 0 Å². The van der Waals surface area contributed by atoms with E-state index in [9.17, 15) is 0 Å². The van der Waals surface area contributed by atoms with Crippen LogP contribution in [0, 0.1) is 0 Å². The van der Waals surface area contributed by atoms with Gasteiger partial charge >= 0.3 is 7.12 Å². The Morgan fingerprint density at radius 3 is 2.22 bits per heavy atom. The maximum absolute atomic E-state index is 6.15. The Morgan fingerprint density at radius 1 is 1.00 bits per heavy atom. The van der Waals surface area contributed by atoms with Gasteiger partial charge in [-0.15, -0.1) is 0 Å². The number of aromatic nitrogens is 1. The Labute approximate surface area is 137 Å². The van der Waals surface area contributed by atoms with Gasteiger partial charge in [-0.25, -0.2) is 4.98 Å². The van der Waals surface area contributed by atoms with E-state index in [4.69, 9.17) is 18.8 Å². The molecule has 5 nitrogen and oxygen atoms in total. The molecule has 23 heavy (non-hydrogen) atoms. The van der Waals surface area contributed by atoms with Crippen molar-refractivity contribution >= 4 is 23.5 Å². The van der Waals surface area contributed by atoms with Crippen LogP contribution in [0.25, 0.3) is 10.9 Å². The van der Waals surface area contributed by atoms with Gasteiger partial charge < -0.3 is 18.8 Å². The van der Waals surface area contributed by atoms with Gasteiger partial charge in [0.05, 0.1) is 30.9 Å². The molecule has 1 aliphatic rings. The molecule has 6 heteroatoms. The van der Waals surface area contributed by atoms with Crippen LogP contribution in [0.5, 0.6) is 11.6 Å². The first-order valence-electron chi connectivity index (χ1n) is 7.66. The maximum Gasteiger partial charge on any atom is 0.497 e. The van der Waals surface area contributed by atoms with Crippen molar-refractivity contribution in [2.45, 2.75) is 38.9 Å². The fourth-order valence-electron chi connectivity index (χ4n) is 2.64. The third kappa shape index (κ3) is 2.56. The summed E-state index contributed by atoms with van der Waals surface area (Å²) in [6.07, 6.45) is 0. The molecule has 0 bridgehead atoms. The predicted octanol–water partition coefficient (Wildman–Crippen LogP) is 2.55. The molecule has 2 heterocycles. The quantitative estimate of drug-likeness (QED) is 0.815. The number of hydrogen-bond acceptors (Lipinski definition) is 5. The Kier molecular flexibility index (Phi) is 3.77. The van der Waals surface area contributed by atoms with Crippen LogP contribution in [-0.2, 0) is 9.31 Å². The van der Waals surface area contributed by atoms with Crippen molar-refractivity contribution < 1.29 is 18.8 Å². The zero-order valence-electron chi connectivity index (χ0n) is 14.5. The van der Waals surface area contributed by atoms with E-state index in [0.717, 1.165) is 16.4 Å². The molecular formula is C17H22BNO4. The van der Waals surface area contributed by atoms with Crippen LogP contribution >= 0.6 is 0 Å². The SMILES string of the molecule is COc1cc2cccc(B3OC(C)(C)C(C)(C)O3)c2nc1OC. The molecule has 122 valence electrons. The van der Waals surface area contributed by atoms with Crippen LogP contribution in [0.15, 0.2) is 24.3 Å². The fourth-order valence-corrected chi connectivity index (χ4v) is 2.64. The van der Waals surface area contributed by atoms with Gasteiger partial charge in [0, 0.05) is 10.8 Å². The molecule has 3 rings (SSSR count). The van der Waals surface area contributed by atoms with Gasteiger partial charge in [0.2, 0.25) is 0 Å². The van der Waals surface area contributed by atoms with Crippen molar-refractivity contribution in [2.24, 2.45) is 0 Å². The van der Waals surface area contributed by atoms with Gasteiger partial charge in [-0.2, -0.15) is 0 Å². The van der Waals surface area contributed by atoms with Crippen molar-refractivity contribution in [1.82, 2.24) is 4.98 Å². The summed E-state index contributed by atoms with van der Waals surface area (Å²) in [5, 5.41) is 0.954. The highest BCUT2D eigenvalue weighted by Gasteiger charge is 2.52. The molecule has 0 spiro atoms. The summed E-state index contributed by atoms with van der Waals surface area (Å²) in [6, 6.07) is 7.84. The summed E-state index contributed by atoms with van der Waals surface area (Å²) in [7, 11) is 2.71. The van der Waals surface area contributed by atoms with E-state index in [-0.39, 0.29) is 0 Å². The molecule has 1 saturated heterocycles. The van der Waals surface area contributed by atoms with Gasteiger partial charge in [0.25, 0.3) is 5.88 Å². The third-order valence-corrected chi connectivity index (χ3v) is 4.73. The second-order valence-corrected chi connectivity index (χ2v) is 6.71. The lowest BCUT2D eigenvalue weighted by Gasteiger charge is -2.32. The first kappa shape index (κ1) is 16.1. The second kappa shape index (κ2) is 5.39. The van der Waals surface area contributed by atoms with E-state index in [0.29, 0.717) is 11.6 Å². The normalized spacial score (nSPS) is 19.1. The van der Waals surface area contributed by atoms with Gasteiger partial charge in [0.1, 0.15) is 0 Å². The highest BCUT2D eigenvalue weighted by molar-refractivity contribution is 6.65. The Hall–Kier alpha value is -1.79. The summed E-state index contributed by atoms with van der Waals surface area (Å²) in [4.78, 5) is 4.60. The van der Waals surface area contributed by atoms with Crippen molar-refractivity contribution in [3.63, 3.8) is 0 Å². The minimum Gasteiger partial charge on any atom is -0.491 e. The van der Waals surface area contributed by atoms with E-state index < -0.39 is 18.3 Å². The van der Waals surface area contributed by atoms with Crippen LogP contribution in [0.1, 0.15) is 27.7 Å². The average Bonchev–Trinajstić information content (AvgIpc) is 2.73. The van der Waals surface area contributed by atoms with Crippen molar-refractivity contribution in [3.8, 4) is 11.6 Å². The molecule has 1 aliphatic heterocycles. The molecule has 0 N–H and O–H groups in total. The van der Waals surface area contributed by atoms with E-state index in [2.05, 4.69) is 4.98 Å². The summed E-state index contributed by atoms with van der Waals surface area (Å²) in [6.45, 7) is 8.15. The number of fused-ring (bicyclic) bond motifs is 1. The van der Waals surface area contributed by atoms with E-state index in [1.165, 1.54) is 0 Å². The molecule has 0 saturated carbocycles. The standard InChI is InChI=1S/C17H22BNO4/c1-16(2)17(3,4)23-18(22-16)12-9-7-8-11-10-13(20-5)15(21-6)19-14(11)12/h7-10H,1-6H3. The fraction of sp³-hybridized carbons (Fsp3) is 0.471. The summed E-state index contributed by atoms with van der Waals surface area (Å²) >= 11 is 0. The highest BCUT2D eigenvalue weighted by atomic mass is 16.7. The molecule has 0 unspecified atom stereocenters. The largest absolute Gasteiger partial charge is 0.497 e. The van der Waals surface area contributed by atoms with Crippen molar-refractivity contribution in [2.75, 3.05) is 14.2 Å². The molecule has 1 aromatic carbocycles. The molecule has 0 radical (unpaired) electrons. The lowest BCUT2D eigenvalue weighted by molar-refractivity contribution is 0.00578. The van der Waals surface area contributed by atoms with Gasteiger partial charge in [0.15, 0.2) is 5.75 Å². The minimum atomic E-state index is -0.464. The highest BCUT2D eigenvalue weighted by Crippen LogP contribution is 2.37. The molecule has 1 fully saturated rings. The van der Waals surface area contributed by atoms with Crippen LogP contribution in [0.4, 0.5) is 0 Å². The zero-order chi connectivity index (χ0) is 16.8. The number of pyridine rings is 1. The maximum atomic E-state index is 6.15. The Balaban J connectivity index is 2.12.